The summed E-state index contributed by atoms with van der Waals surface area (Å²) < 4.78 is 11.1. The van der Waals surface area contributed by atoms with Gasteiger partial charge in [-0.2, -0.15) is 0 Å². The molecule has 0 saturated heterocycles. The number of amides is 1. The summed E-state index contributed by atoms with van der Waals surface area (Å²) in [4.78, 5) is 14.0. The smallest absolute Gasteiger partial charge is 0.239 e. The van der Waals surface area contributed by atoms with Gasteiger partial charge >= 0.3 is 0 Å². The number of alkyl halides is 1. The minimum Gasteiger partial charge on any atom is -0.506 e. The average Bonchev–Trinajstić information content (AvgIpc) is 2.72. The second-order valence-corrected chi connectivity index (χ2v) is 7.40. The van der Waals surface area contributed by atoms with Crippen molar-refractivity contribution in [1.29, 1.82) is 0 Å². The molecular formula is C21H23ClN2O4. The van der Waals surface area contributed by atoms with Crippen LogP contribution in [0.1, 0.15) is 28.3 Å². The van der Waals surface area contributed by atoms with Crippen molar-refractivity contribution < 1.29 is 19.4 Å². The van der Waals surface area contributed by atoms with Crippen molar-refractivity contribution in [3.8, 4) is 17.2 Å². The van der Waals surface area contributed by atoms with Gasteiger partial charge in [-0.1, -0.05) is 6.07 Å². The van der Waals surface area contributed by atoms with Crippen LogP contribution in [0, 0.1) is 0 Å². The van der Waals surface area contributed by atoms with E-state index >= 15 is 0 Å². The van der Waals surface area contributed by atoms with Gasteiger partial charge in [0.25, 0.3) is 0 Å². The maximum absolute atomic E-state index is 11.6. The van der Waals surface area contributed by atoms with E-state index in [9.17, 15) is 9.90 Å². The Labute approximate surface area is 169 Å². The number of halogens is 1. The third kappa shape index (κ3) is 3.16. The first-order chi connectivity index (χ1) is 13.5. The van der Waals surface area contributed by atoms with Crippen molar-refractivity contribution >= 4 is 23.2 Å². The molecule has 2 heterocycles. The van der Waals surface area contributed by atoms with E-state index in [4.69, 9.17) is 21.1 Å². The van der Waals surface area contributed by atoms with Crippen LogP contribution in [0.4, 0.5) is 5.69 Å². The van der Waals surface area contributed by atoms with Gasteiger partial charge in [-0.3, -0.25) is 9.69 Å². The summed E-state index contributed by atoms with van der Waals surface area (Å²) in [6, 6.07) is 7.87. The molecule has 7 heteroatoms. The number of phenolic OH excluding ortho intramolecular Hbond substituents is 1. The number of fused-ring (bicyclic) bond motifs is 4. The number of aromatic hydroxyl groups is 1. The number of phenols is 1. The Hall–Kier alpha value is -2.44. The summed E-state index contributed by atoms with van der Waals surface area (Å²) in [7, 11) is 3.32. The van der Waals surface area contributed by atoms with Crippen LogP contribution in [0.25, 0.3) is 0 Å². The summed E-state index contributed by atoms with van der Waals surface area (Å²) in [5.74, 6) is 1.13. The van der Waals surface area contributed by atoms with Gasteiger partial charge in [-0.25, -0.2) is 0 Å². The van der Waals surface area contributed by atoms with E-state index in [-0.39, 0.29) is 23.6 Å². The van der Waals surface area contributed by atoms with Crippen LogP contribution >= 0.6 is 11.6 Å². The number of anilines is 1. The second-order valence-electron chi connectivity index (χ2n) is 7.13. The van der Waals surface area contributed by atoms with Crippen molar-refractivity contribution in [2.24, 2.45) is 0 Å². The molecule has 0 aliphatic carbocycles. The van der Waals surface area contributed by atoms with E-state index < -0.39 is 0 Å². The largest absolute Gasteiger partial charge is 0.506 e. The van der Waals surface area contributed by atoms with Gasteiger partial charge < -0.3 is 19.9 Å². The van der Waals surface area contributed by atoms with Gasteiger partial charge in [-0.15, -0.1) is 11.6 Å². The van der Waals surface area contributed by atoms with Crippen LogP contribution in [-0.4, -0.2) is 42.6 Å². The lowest BCUT2D eigenvalue weighted by Gasteiger charge is -2.42. The first-order valence-corrected chi connectivity index (χ1v) is 9.77. The van der Waals surface area contributed by atoms with Crippen LogP contribution in [0.5, 0.6) is 17.2 Å². The molecule has 4 rings (SSSR count). The Kier molecular flexibility index (Phi) is 5.08. The Morgan fingerprint density at radius 1 is 1.29 bits per heavy atom. The van der Waals surface area contributed by atoms with Crippen LogP contribution in [-0.2, 0) is 24.2 Å². The lowest BCUT2D eigenvalue weighted by molar-refractivity contribution is -0.113. The number of hydrogen-bond acceptors (Lipinski definition) is 5. The number of carbonyl (C=O) groups is 1. The number of ether oxygens (including phenoxy) is 2. The van der Waals surface area contributed by atoms with Crippen LogP contribution in [0.3, 0.4) is 0 Å². The lowest BCUT2D eigenvalue weighted by Crippen LogP contribution is -2.39. The Morgan fingerprint density at radius 2 is 2.11 bits per heavy atom. The molecule has 0 radical (unpaired) electrons. The number of methoxy groups -OCH3 is 2. The van der Waals surface area contributed by atoms with Crippen molar-refractivity contribution in [2.45, 2.75) is 25.4 Å². The van der Waals surface area contributed by atoms with Gasteiger partial charge in [0.1, 0.15) is 11.6 Å². The zero-order valence-electron chi connectivity index (χ0n) is 15.9. The topological polar surface area (TPSA) is 71.0 Å². The highest BCUT2D eigenvalue weighted by Gasteiger charge is 2.34. The molecule has 2 aliphatic rings. The molecule has 1 atom stereocenters. The number of carbonyl (C=O) groups excluding carboxylic acids is 1. The predicted octanol–water partition coefficient (Wildman–Crippen LogP) is 3.24. The molecule has 2 N–H and O–H groups in total. The molecule has 148 valence electrons. The van der Waals surface area contributed by atoms with Crippen molar-refractivity contribution in [1.82, 2.24) is 4.90 Å². The van der Waals surface area contributed by atoms with E-state index in [1.54, 1.807) is 20.3 Å². The Balaban J connectivity index is 1.70. The maximum atomic E-state index is 11.6. The number of benzene rings is 2. The molecule has 0 aromatic heterocycles. The highest BCUT2D eigenvalue weighted by molar-refractivity contribution is 6.29. The van der Waals surface area contributed by atoms with Gasteiger partial charge in [-0.05, 0) is 47.7 Å². The summed E-state index contributed by atoms with van der Waals surface area (Å²) in [5.41, 5.74) is 5.06. The van der Waals surface area contributed by atoms with Crippen LogP contribution < -0.4 is 14.8 Å². The molecule has 0 saturated carbocycles. The first kappa shape index (κ1) is 18.9. The van der Waals surface area contributed by atoms with Crippen LogP contribution in [0.2, 0.25) is 0 Å². The third-order valence-corrected chi connectivity index (χ3v) is 5.88. The minimum atomic E-state index is -0.331. The highest BCUT2D eigenvalue weighted by Crippen LogP contribution is 2.45. The molecule has 0 fully saturated rings. The van der Waals surface area contributed by atoms with Gasteiger partial charge in [0.2, 0.25) is 5.91 Å². The van der Waals surface area contributed by atoms with Crippen molar-refractivity contribution in [3.05, 3.63) is 46.5 Å². The Bertz CT molecular complexity index is 931. The zero-order chi connectivity index (χ0) is 19.8. The molecule has 0 bridgehead atoms. The zero-order valence-corrected chi connectivity index (χ0v) is 16.7. The first-order valence-electron chi connectivity index (χ1n) is 9.24. The average molecular weight is 403 g/mol. The third-order valence-electron chi connectivity index (χ3n) is 5.64. The molecule has 2 aliphatic heterocycles. The fourth-order valence-corrected chi connectivity index (χ4v) is 4.38. The molecular weight excluding hydrogens is 380 g/mol. The normalized spacial score (nSPS) is 17.9. The summed E-state index contributed by atoms with van der Waals surface area (Å²) in [5, 5.41) is 13.1. The summed E-state index contributed by atoms with van der Waals surface area (Å²) in [6.45, 7) is 1.66. The van der Waals surface area contributed by atoms with Gasteiger partial charge in [0.05, 0.1) is 19.9 Å². The highest BCUT2D eigenvalue weighted by atomic mass is 35.5. The van der Waals surface area contributed by atoms with Crippen LogP contribution in [0.15, 0.2) is 24.3 Å². The fraction of sp³-hybridized carbons (Fsp3) is 0.381. The monoisotopic (exact) mass is 402 g/mol. The predicted molar refractivity (Wildman–Crippen MR) is 108 cm³/mol. The second kappa shape index (κ2) is 7.53. The van der Waals surface area contributed by atoms with Crippen molar-refractivity contribution in [3.63, 3.8) is 0 Å². The Morgan fingerprint density at radius 3 is 2.82 bits per heavy atom. The number of nitrogens with one attached hydrogen (secondary N) is 1. The molecule has 28 heavy (non-hydrogen) atoms. The van der Waals surface area contributed by atoms with E-state index in [0.717, 1.165) is 54.1 Å². The van der Waals surface area contributed by atoms with E-state index in [1.165, 1.54) is 5.56 Å². The lowest BCUT2D eigenvalue weighted by atomic mass is 9.83. The number of hydrogen-bond donors (Lipinski definition) is 2. The van der Waals surface area contributed by atoms with Gasteiger partial charge in [0.15, 0.2) is 11.5 Å². The van der Waals surface area contributed by atoms with E-state index in [1.807, 2.05) is 12.1 Å². The molecule has 0 spiro atoms. The van der Waals surface area contributed by atoms with Crippen molar-refractivity contribution in [2.75, 3.05) is 32.0 Å². The summed E-state index contributed by atoms with van der Waals surface area (Å²) >= 11 is 5.56. The number of nitrogens with zero attached hydrogens (tertiary/aromatic N) is 1. The SMILES string of the molecule is COc1ccc2c(c1OC)CN1CCc3cc(NC(=O)CCl)c(O)cc3C1C2. The maximum Gasteiger partial charge on any atom is 0.239 e. The molecule has 2 aromatic rings. The number of rotatable bonds is 4. The van der Waals surface area contributed by atoms with E-state index in [2.05, 4.69) is 16.3 Å². The molecule has 1 unspecified atom stereocenters. The van der Waals surface area contributed by atoms with E-state index in [0.29, 0.717) is 5.69 Å². The fourth-order valence-electron chi connectivity index (χ4n) is 4.31. The molecule has 6 nitrogen and oxygen atoms in total. The quantitative estimate of drug-likeness (QED) is 0.606. The van der Waals surface area contributed by atoms with Gasteiger partial charge in [0, 0.05) is 24.7 Å². The standard InChI is InChI=1S/C21H23ClN2O4/c1-27-19-4-3-12-8-17-14-9-18(25)16(23-20(26)10-22)7-13(14)5-6-24(17)11-15(12)21(19)28-2/h3-4,7,9,17,25H,5-6,8,10-11H2,1-2H3,(H,23,26). The molecule has 1 amide bonds. The summed E-state index contributed by atoms with van der Waals surface area (Å²) in [6.07, 6.45) is 1.67. The minimum absolute atomic E-state index is 0.0668. The molecule has 2 aromatic carbocycles.